The summed E-state index contributed by atoms with van der Waals surface area (Å²) >= 11 is 0. The number of carbonyl (C=O) groups excluding carboxylic acids is 1. The van der Waals surface area contributed by atoms with Gasteiger partial charge in [-0.25, -0.2) is 0 Å². The van der Waals surface area contributed by atoms with E-state index in [1.807, 2.05) is 6.92 Å². The van der Waals surface area contributed by atoms with Gasteiger partial charge in [0.1, 0.15) is 5.60 Å². The predicted octanol–water partition coefficient (Wildman–Crippen LogP) is 3.34. The van der Waals surface area contributed by atoms with Crippen molar-refractivity contribution in [1.29, 1.82) is 0 Å². The van der Waals surface area contributed by atoms with Crippen LogP contribution in [0, 0.1) is 5.92 Å². The van der Waals surface area contributed by atoms with Crippen LogP contribution >= 0.6 is 0 Å². The Kier molecular flexibility index (Phi) is 4.78. The first-order valence-corrected chi connectivity index (χ1v) is 6.38. The second-order valence-electron chi connectivity index (χ2n) is 4.51. The van der Waals surface area contributed by atoms with Gasteiger partial charge in [-0.15, -0.1) is 0 Å². The Bertz CT molecular complexity index is 201. The molecular weight excluding hydrogens is 188 g/mol. The fraction of sp³-hybridized carbons (Fsp3) is 0.923. The van der Waals surface area contributed by atoms with Crippen LogP contribution in [0.2, 0.25) is 0 Å². The highest BCUT2D eigenvalue weighted by atomic mass is 16.5. The first-order valence-electron chi connectivity index (χ1n) is 6.38. The van der Waals surface area contributed by atoms with Crippen LogP contribution in [0.3, 0.4) is 0 Å². The van der Waals surface area contributed by atoms with E-state index >= 15 is 0 Å². The molecule has 0 aromatic rings. The maximum Gasteiger partial charge on any atom is 0.167 e. The Morgan fingerprint density at radius 1 is 1.20 bits per heavy atom. The summed E-state index contributed by atoms with van der Waals surface area (Å²) < 4.78 is 5.79. The molecule has 0 atom stereocenters. The van der Waals surface area contributed by atoms with Crippen molar-refractivity contribution in [3.05, 3.63) is 0 Å². The SMILES string of the molecule is CCOC1(C(=O)C(CC)CC)CCCC1. The average molecular weight is 212 g/mol. The zero-order chi connectivity index (χ0) is 11.3. The van der Waals surface area contributed by atoms with Crippen molar-refractivity contribution in [1.82, 2.24) is 0 Å². The molecule has 0 radical (unpaired) electrons. The summed E-state index contributed by atoms with van der Waals surface area (Å²) in [6.07, 6.45) is 6.07. The molecule has 15 heavy (non-hydrogen) atoms. The molecule has 0 saturated heterocycles. The summed E-state index contributed by atoms with van der Waals surface area (Å²) in [5.74, 6) is 0.571. The molecule has 0 bridgehead atoms. The number of hydrogen-bond donors (Lipinski definition) is 0. The van der Waals surface area contributed by atoms with E-state index in [1.54, 1.807) is 0 Å². The van der Waals surface area contributed by atoms with E-state index in [0.717, 1.165) is 38.5 Å². The number of hydrogen-bond acceptors (Lipinski definition) is 2. The number of Topliss-reactive ketones (excluding diaryl/α,β-unsaturated/α-hetero) is 1. The van der Waals surface area contributed by atoms with Gasteiger partial charge in [0, 0.05) is 12.5 Å². The molecular formula is C13H24O2. The lowest BCUT2D eigenvalue weighted by Gasteiger charge is -2.30. The summed E-state index contributed by atoms with van der Waals surface area (Å²) in [5.41, 5.74) is -0.411. The summed E-state index contributed by atoms with van der Waals surface area (Å²) in [4.78, 5) is 12.4. The minimum Gasteiger partial charge on any atom is -0.367 e. The van der Waals surface area contributed by atoms with Crippen molar-refractivity contribution < 1.29 is 9.53 Å². The Morgan fingerprint density at radius 2 is 1.73 bits per heavy atom. The van der Waals surface area contributed by atoms with Crippen LogP contribution in [0.4, 0.5) is 0 Å². The summed E-state index contributed by atoms with van der Waals surface area (Å²) in [5, 5.41) is 0. The first-order chi connectivity index (χ1) is 7.20. The Hall–Kier alpha value is -0.370. The van der Waals surface area contributed by atoms with Crippen LogP contribution in [0.5, 0.6) is 0 Å². The molecule has 0 aromatic heterocycles. The fourth-order valence-corrected chi connectivity index (χ4v) is 2.72. The maximum absolute atomic E-state index is 12.4. The third-order valence-electron chi connectivity index (χ3n) is 3.64. The molecule has 1 fully saturated rings. The highest BCUT2D eigenvalue weighted by molar-refractivity contribution is 5.89. The highest BCUT2D eigenvalue weighted by Gasteiger charge is 2.43. The molecule has 0 amide bonds. The molecule has 88 valence electrons. The minimum absolute atomic E-state index is 0.203. The zero-order valence-electron chi connectivity index (χ0n) is 10.3. The van der Waals surface area contributed by atoms with Crippen LogP contribution in [-0.2, 0) is 9.53 Å². The highest BCUT2D eigenvalue weighted by Crippen LogP contribution is 2.37. The summed E-state index contributed by atoms with van der Waals surface area (Å²) in [6.45, 7) is 6.84. The van der Waals surface area contributed by atoms with Gasteiger partial charge in [-0.1, -0.05) is 13.8 Å². The Morgan fingerprint density at radius 3 is 2.13 bits per heavy atom. The monoisotopic (exact) mass is 212 g/mol. The van der Waals surface area contributed by atoms with Crippen molar-refractivity contribution >= 4 is 5.78 Å². The molecule has 1 aliphatic rings. The summed E-state index contributed by atoms with van der Waals surface area (Å²) in [6, 6.07) is 0. The van der Waals surface area contributed by atoms with Crippen molar-refractivity contribution in [3.8, 4) is 0 Å². The van der Waals surface area contributed by atoms with Gasteiger partial charge in [-0.2, -0.15) is 0 Å². The van der Waals surface area contributed by atoms with Crippen LogP contribution in [0.1, 0.15) is 59.3 Å². The molecule has 2 heteroatoms. The van der Waals surface area contributed by atoms with E-state index in [0.29, 0.717) is 12.4 Å². The predicted molar refractivity (Wildman–Crippen MR) is 61.9 cm³/mol. The van der Waals surface area contributed by atoms with Gasteiger partial charge in [0.15, 0.2) is 5.78 Å². The van der Waals surface area contributed by atoms with Crippen molar-refractivity contribution in [2.75, 3.05) is 6.61 Å². The Balaban J connectivity index is 2.74. The van der Waals surface area contributed by atoms with Gasteiger partial charge >= 0.3 is 0 Å². The van der Waals surface area contributed by atoms with Crippen molar-refractivity contribution in [2.45, 2.75) is 64.9 Å². The van der Waals surface area contributed by atoms with Gasteiger partial charge in [-0.05, 0) is 45.4 Å². The van der Waals surface area contributed by atoms with Gasteiger partial charge in [0.05, 0.1) is 0 Å². The minimum atomic E-state index is -0.411. The van der Waals surface area contributed by atoms with E-state index in [4.69, 9.17) is 4.74 Å². The quantitative estimate of drug-likeness (QED) is 0.675. The van der Waals surface area contributed by atoms with Gasteiger partial charge < -0.3 is 4.74 Å². The topological polar surface area (TPSA) is 26.3 Å². The van der Waals surface area contributed by atoms with Gasteiger partial charge in [0.25, 0.3) is 0 Å². The number of carbonyl (C=O) groups is 1. The normalized spacial score (nSPS) is 19.7. The number of rotatable bonds is 6. The molecule has 1 saturated carbocycles. The third-order valence-corrected chi connectivity index (χ3v) is 3.64. The summed E-state index contributed by atoms with van der Waals surface area (Å²) in [7, 11) is 0. The van der Waals surface area contributed by atoms with Crippen molar-refractivity contribution in [3.63, 3.8) is 0 Å². The molecule has 1 aliphatic carbocycles. The first kappa shape index (κ1) is 12.7. The van der Waals surface area contributed by atoms with Crippen LogP contribution < -0.4 is 0 Å². The fourth-order valence-electron chi connectivity index (χ4n) is 2.72. The van der Waals surface area contributed by atoms with Gasteiger partial charge in [0.2, 0.25) is 0 Å². The smallest absolute Gasteiger partial charge is 0.167 e. The van der Waals surface area contributed by atoms with Crippen LogP contribution in [-0.4, -0.2) is 18.0 Å². The largest absolute Gasteiger partial charge is 0.367 e. The molecule has 0 unspecified atom stereocenters. The average Bonchev–Trinajstić information content (AvgIpc) is 2.70. The lowest BCUT2D eigenvalue weighted by atomic mass is 9.84. The molecule has 0 N–H and O–H groups in total. The van der Waals surface area contributed by atoms with E-state index in [1.165, 1.54) is 0 Å². The second kappa shape index (κ2) is 5.64. The molecule has 0 spiro atoms. The van der Waals surface area contributed by atoms with E-state index in [2.05, 4.69) is 13.8 Å². The number of ketones is 1. The zero-order valence-corrected chi connectivity index (χ0v) is 10.3. The van der Waals surface area contributed by atoms with E-state index in [9.17, 15) is 4.79 Å². The molecule has 0 aliphatic heterocycles. The van der Waals surface area contributed by atoms with Gasteiger partial charge in [-0.3, -0.25) is 4.79 Å². The standard InChI is InChI=1S/C13H24O2/c1-4-11(5-2)12(14)13(15-6-3)9-7-8-10-13/h11H,4-10H2,1-3H3. The third kappa shape index (κ3) is 2.60. The Labute approximate surface area is 93.4 Å². The van der Waals surface area contributed by atoms with Crippen molar-refractivity contribution in [2.24, 2.45) is 5.92 Å². The van der Waals surface area contributed by atoms with E-state index < -0.39 is 5.60 Å². The molecule has 0 aromatic carbocycles. The second-order valence-corrected chi connectivity index (χ2v) is 4.51. The van der Waals surface area contributed by atoms with E-state index in [-0.39, 0.29) is 5.92 Å². The lowest BCUT2D eigenvalue weighted by Crippen LogP contribution is -2.42. The van der Waals surface area contributed by atoms with Crippen LogP contribution in [0.15, 0.2) is 0 Å². The maximum atomic E-state index is 12.4. The molecule has 2 nitrogen and oxygen atoms in total. The molecule has 0 heterocycles. The van der Waals surface area contributed by atoms with Crippen LogP contribution in [0.25, 0.3) is 0 Å². The lowest BCUT2D eigenvalue weighted by molar-refractivity contribution is -0.148. The molecule has 1 rings (SSSR count). The number of ether oxygens (including phenoxy) is 1.